The smallest absolute Gasteiger partial charge is 0.412 e. The Morgan fingerprint density at radius 3 is 2.29 bits per heavy atom. The van der Waals surface area contributed by atoms with E-state index in [2.05, 4.69) is 10.3 Å². The van der Waals surface area contributed by atoms with Gasteiger partial charge in [0, 0.05) is 30.9 Å². The molecule has 0 saturated heterocycles. The number of pyridine rings is 1. The topological polar surface area (TPSA) is 88.5 Å². The first-order valence-electron chi connectivity index (χ1n) is 7.00. The van der Waals surface area contributed by atoms with Crippen LogP contribution in [0.25, 0.3) is 0 Å². The number of nitrogens with zero attached hydrogens (tertiary/aromatic N) is 1. The Bertz CT molecular complexity index is 550. The number of carboxylic acids is 1. The Kier molecular flexibility index (Phi) is 8.21. The third-order valence-electron chi connectivity index (χ3n) is 2.13. The normalized spacial score (nSPS) is 11.1. The first kappa shape index (κ1) is 21.7. The van der Waals surface area contributed by atoms with Gasteiger partial charge in [-0.2, -0.15) is 13.2 Å². The maximum absolute atomic E-state index is 12.1. The minimum absolute atomic E-state index is 0.229. The molecule has 0 aliphatic heterocycles. The summed E-state index contributed by atoms with van der Waals surface area (Å²) in [5.41, 5.74) is -0.0294. The average molecular weight is 350 g/mol. The number of halogens is 3. The van der Waals surface area contributed by atoms with Crippen LogP contribution in [0, 0.1) is 0 Å². The lowest BCUT2D eigenvalue weighted by Gasteiger charge is -2.19. The Hall–Kier alpha value is -2.32. The van der Waals surface area contributed by atoms with Gasteiger partial charge in [-0.15, -0.1) is 0 Å². The molecule has 1 aromatic rings. The van der Waals surface area contributed by atoms with Crippen molar-refractivity contribution >= 4 is 17.7 Å². The molecule has 0 bridgehead atoms. The number of alkyl halides is 3. The van der Waals surface area contributed by atoms with Gasteiger partial charge in [-0.25, -0.2) is 4.79 Å². The summed E-state index contributed by atoms with van der Waals surface area (Å²) in [5, 5.41) is 9.87. The Morgan fingerprint density at radius 2 is 1.83 bits per heavy atom. The Labute approximate surface area is 138 Å². The molecular weight excluding hydrogens is 329 g/mol. The van der Waals surface area contributed by atoms with Gasteiger partial charge in [0.1, 0.15) is 5.60 Å². The second-order valence-electron chi connectivity index (χ2n) is 5.80. The van der Waals surface area contributed by atoms with Crippen LogP contribution in [0.15, 0.2) is 18.3 Å². The largest absolute Gasteiger partial charge is 0.481 e. The molecule has 1 aromatic heterocycles. The van der Waals surface area contributed by atoms with E-state index in [1.807, 2.05) is 0 Å². The summed E-state index contributed by atoms with van der Waals surface area (Å²) in [4.78, 5) is 24.4. The Balaban J connectivity index is 0.00000118. The molecule has 9 heteroatoms. The van der Waals surface area contributed by atoms with Crippen molar-refractivity contribution in [3.05, 3.63) is 24.0 Å². The van der Waals surface area contributed by atoms with Crippen LogP contribution in [0.1, 0.15) is 39.8 Å². The van der Waals surface area contributed by atoms with Crippen LogP contribution in [-0.4, -0.2) is 33.9 Å². The summed E-state index contributed by atoms with van der Waals surface area (Å²) < 4.78 is 41.4. The molecule has 24 heavy (non-hydrogen) atoms. The number of aryl methyl sites for hydroxylation is 1. The van der Waals surface area contributed by atoms with E-state index in [4.69, 9.17) is 14.6 Å². The van der Waals surface area contributed by atoms with Gasteiger partial charge >= 0.3 is 12.3 Å². The van der Waals surface area contributed by atoms with Crippen molar-refractivity contribution < 1.29 is 32.6 Å². The monoisotopic (exact) mass is 350 g/mol. The van der Waals surface area contributed by atoms with E-state index >= 15 is 0 Å². The van der Waals surface area contributed by atoms with Crippen LogP contribution in [0.5, 0.6) is 0 Å². The van der Waals surface area contributed by atoms with Crippen molar-refractivity contribution in [3.8, 4) is 0 Å². The number of hydrogen-bond acceptors (Lipinski definition) is 4. The molecule has 0 radical (unpaired) electrons. The number of carbonyl (C=O) groups is 2. The average Bonchev–Trinajstić information content (AvgIpc) is 2.33. The molecule has 0 aliphatic carbocycles. The van der Waals surface area contributed by atoms with Gasteiger partial charge in [-0.1, -0.05) is 0 Å². The van der Waals surface area contributed by atoms with Crippen molar-refractivity contribution in [2.75, 3.05) is 5.32 Å². The summed E-state index contributed by atoms with van der Waals surface area (Å²) in [6, 6.07) is 2.89. The molecule has 1 amide bonds. The number of rotatable bonds is 3. The molecule has 6 nitrogen and oxygen atoms in total. The highest BCUT2D eigenvalue weighted by molar-refractivity contribution is 5.84. The van der Waals surface area contributed by atoms with Gasteiger partial charge in [0.2, 0.25) is 0 Å². The zero-order valence-electron chi connectivity index (χ0n) is 13.9. The fraction of sp³-hybridized carbons (Fsp3) is 0.533. The number of aromatic nitrogens is 1. The molecule has 0 aromatic carbocycles. The van der Waals surface area contributed by atoms with Gasteiger partial charge in [0.05, 0.1) is 0 Å². The maximum Gasteiger partial charge on any atom is 0.412 e. The molecule has 0 atom stereocenters. The third kappa shape index (κ3) is 13.4. The zero-order chi connectivity index (χ0) is 19.0. The predicted molar refractivity (Wildman–Crippen MR) is 81.8 cm³/mol. The molecule has 0 fully saturated rings. The molecule has 0 saturated carbocycles. The minimum Gasteiger partial charge on any atom is -0.481 e. The number of amides is 1. The van der Waals surface area contributed by atoms with Gasteiger partial charge < -0.3 is 9.84 Å². The van der Waals surface area contributed by atoms with E-state index in [-0.39, 0.29) is 12.1 Å². The molecule has 0 spiro atoms. The number of aliphatic carboxylic acids is 1. The fourth-order valence-electron chi connectivity index (χ4n) is 1.38. The van der Waals surface area contributed by atoms with Crippen LogP contribution in [0.4, 0.5) is 23.7 Å². The lowest BCUT2D eigenvalue weighted by molar-refractivity contribution is -0.135. The van der Waals surface area contributed by atoms with E-state index in [1.165, 1.54) is 18.3 Å². The second-order valence-corrected chi connectivity index (χ2v) is 5.80. The lowest BCUT2D eigenvalue weighted by Crippen LogP contribution is -2.27. The minimum atomic E-state index is -4.23. The SMILES string of the molecule is CC(=O)O.CC(C)(C)OC(=O)Nc1ccnc(CCC(F)(F)F)c1. The van der Waals surface area contributed by atoms with E-state index in [0.717, 1.165) is 6.92 Å². The second kappa shape index (κ2) is 9.09. The zero-order valence-corrected chi connectivity index (χ0v) is 13.9. The van der Waals surface area contributed by atoms with Gasteiger partial charge in [0.25, 0.3) is 5.97 Å². The number of ether oxygens (including phenoxy) is 1. The summed E-state index contributed by atoms with van der Waals surface area (Å²) >= 11 is 0. The quantitative estimate of drug-likeness (QED) is 0.860. The van der Waals surface area contributed by atoms with Crippen LogP contribution in [0.2, 0.25) is 0 Å². The van der Waals surface area contributed by atoms with E-state index in [9.17, 15) is 18.0 Å². The van der Waals surface area contributed by atoms with Crippen molar-refractivity contribution in [2.24, 2.45) is 0 Å². The Morgan fingerprint density at radius 1 is 1.29 bits per heavy atom. The van der Waals surface area contributed by atoms with E-state index < -0.39 is 30.3 Å². The summed E-state index contributed by atoms with van der Waals surface area (Å²) in [7, 11) is 0. The van der Waals surface area contributed by atoms with Crippen molar-refractivity contribution in [2.45, 2.75) is 52.3 Å². The highest BCUT2D eigenvalue weighted by Gasteiger charge is 2.26. The molecule has 0 aliphatic rings. The molecular formula is C15H21F3N2O4. The van der Waals surface area contributed by atoms with E-state index in [0.29, 0.717) is 5.69 Å². The number of carboxylic acid groups (broad SMARTS) is 1. The summed E-state index contributed by atoms with van der Waals surface area (Å²) in [6.45, 7) is 6.23. The van der Waals surface area contributed by atoms with Gasteiger partial charge in [0.15, 0.2) is 0 Å². The predicted octanol–water partition coefficient (Wildman–Crippen LogP) is 4.01. The molecule has 1 rings (SSSR count). The number of carbonyl (C=O) groups excluding carboxylic acids is 1. The van der Waals surface area contributed by atoms with Crippen LogP contribution in [0.3, 0.4) is 0 Å². The van der Waals surface area contributed by atoms with Crippen LogP contribution in [-0.2, 0) is 16.0 Å². The molecule has 1 heterocycles. The van der Waals surface area contributed by atoms with E-state index in [1.54, 1.807) is 20.8 Å². The van der Waals surface area contributed by atoms with Gasteiger partial charge in [-0.3, -0.25) is 15.1 Å². The highest BCUT2D eigenvalue weighted by Crippen LogP contribution is 2.22. The number of nitrogens with one attached hydrogen (secondary N) is 1. The number of anilines is 1. The highest BCUT2D eigenvalue weighted by atomic mass is 19.4. The fourth-order valence-corrected chi connectivity index (χ4v) is 1.38. The molecule has 0 unspecified atom stereocenters. The van der Waals surface area contributed by atoms with Crippen molar-refractivity contribution in [1.82, 2.24) is 4.98 Å². The summed E-state index contributed by atoms with van der Waals surface area (Å²) in [6.07, 6.45) is -4.72. The summed E-state index contributed by atoms with van der Waals surface area (Å²) in [5.74, 6) is -0.833. The maximum atomic E-state index is 12.1. The standard InChI is InChI=1S/C13H17F3N2O2.C2H4O2/c1-12(2,3)20-11(19)18-10-5-7-17-9(8-10)4-6-13(14,15)16;1-2(3)4/h5,7-8H,4,6H2,1-3H3,(H,17,18,19);1H3,(H,3,4). The lowest BCUT2D eigenvalue weighted by atomic mass is 10.2. The molecule has 2 N–H and O–H groups in total. The van der Waals surface area contributed by atoms with Crippen molar-refractivity contribution in [3.63, 3.8) is 0 Å². The van der Waals surface area contributed by atoms with Gasteiger partial charge in [-0.05, 0) is 39.3 Å². The van der Waals surface area contributed by atoms with Crippen molar-refractivity contribution in [1.29, 1.82) is 0 Å². The number of hydrogen-bond donors (Lipinski definition) is 2. The first-order chi connectivity index (χ1) is 10.8. The first-order valence-corrected chi connectivity index (χ1v) is 7.00. The van der Waals surface area contributed by atoms with Crippen LogP contribution >= 0.6 is 0 Å². The molecule has 136 valence electrons. The third-order valence-corrected chi connectivity index (χ3v) is 2.13. The van der Waals surface area contributed by atoms with Crippen LogP contribution < -0.4 is 5.32 Å².